The van der Waals surface area contributed by atoms with E-state index < -0.39 is 0 Å². The lowest BCUT2D eigenvalue weighted by molar-refractivity contribution is 1.27. The molecule has 0 amide bonds. The topological polar surface area (TPSA) is 36.7 Å². The molecule has 1 heterocycles. The van der Waals surface area contributed by atoms with Crippen molar-refractivity contribution in [3.05, 3.63) is 29.0 Å². The fourth-order valence-electron chi connectivity index (χ4n) is 0.456. The first-order chi connectivity index (χ1) is 4.80. The second-order valence-electron chi connectivity index (χ2n) is 1.62. The second kappa shape index (κ2) is 4.78. The Labute approximate surface area is 65.1 Å². The van der Waals surface area contributed by atoms with Gasteiger partial charge in [-0.3, -0.25) is 4.98 Å². The lowest BCUT2D eigenvalue weighted by atomic mass is 10.3. The van der Waals surface area contributed by atoms with Gasteiger partial charge in [-0.05, 0) is 18.6 Å². The summed E-state index contributed by atoms with van der Waals surface area (Å²) in [5, 5.41) is 7.28. The Morgan fingerprint density at radius 3 is 2.50 bits per heavy atom. The Morgan fingerprint density at radius 1 is 1.60 bits per heavy atom. The van der Waals surface area contributed by atoms with Crippen molar-refractivity contribution in [3.63, 3.8) is 0 Å². The molecule has 0 saturated heterocycles. The average Bonchev–Trinajstić information content (AvgIpc) is 2.00. The van der Waals surface area contributed by atoms with Gasteiger partial charge in [0.15, 0.2) is 0 Å². The molecule has 0 atom stereocenters. The van der Waals surface area contributed by atoms with Gasteiger partial charge in [0.25, 0.3) is 0 Å². The molecule has 2 nitrogen and oxygen atoms in total. The van der Waals surface area contributed by atoms with Crippen LogP contribution in [0.2, 0.25) is 5.02 Å². The minimum absolute atomic E-state index is 0.778. The number of hydrogen-bond donors (Lipinski definition) is 0. The fourth-order valence-corrected chi connectivity index (χ4v) is 0.562. The maximum atomic E-state index is 6.50. The van der Waals surface area contributed by atoms with Crippen molar-refractivity contribution in [3.8, 4) is 6.57 Å². The number of nitrogens with zero attached hydrogens (tertiary/aromatic N) is 2. The lowest BCUT2D eigenvalue weighted by Gasteiger charge is -1.90. The van der Waals surface area contributed by atoms with E-state index in [1.807, 2.05) is 6.92 Å². The SMILES string of the molecule is C#N.Cc1cnccc1Cl. The first kappa shape index (κ1) is 8.93. The third-order valence-corrected chi connectivity index (χ3v) is 1.38. The first-order valence-electron chi connectivity index (χ1n) is 2.62. The summed E-state index contributed by atoms with van der Waals surface area (Å²) in [6.07, 6.45) is 3.41. The molecule has 0 radical (unpaired) electrons. The number of aryl methyl sites for hydroxylation is 1. The predicted molar refractivity (Wildman–Crippen MR) is 40.7 cm³/mol. The van der Waals surface area contributed by atoms with E-state index in [1.54, 1.807) is 18.5 Å². The highest BCUT2D eigenvalue weighted by Crippen LogP contribution is 2.10. The molecular weight excluding hydrogens is 148 g/mol. The summed E-state index contributed by atoms with van der Waals surface area (Å²) in [6, 6.07) is 1.77. The van der Waals surface area contributed by atoms with Gasteiger partial charge in [-0.25, -0.2) is 5.26 Å². The van der Waals surface area contributed by atoms with Gasteiger partial charge in [0, 0.05) is 24.0 Å². The first-order valence-corrected chi connectivity index (χ1v) is 3.00. The molecule has 0 aromatic carbocycles. The normalized spacial score (nSPS) is 7.60. The molecule has 0 aliphatic carbocycles. The van der Waals surface area contributed by atoms with E-state index >= 15 is 0 Å². The summed E-state index contributed by atoms with van der Waals surface area (Å²) < 4.78 is 0. The van der Waals surface area contributed by atoms with Gasteiger partial charge in [-0.2, -0.15) is 0 Å². The molecule has 0 aliphatic heterocycles. The lowest BCUT2D eigenvalue weighted by Crippen LogP contribution is -1.74. The van der Waals surface area contributed by atoms with E-state index in [2.05, 4.69) is 11.6 Å². The fraction of sp³-hybridized carbons (Fsp3) is 0.143. The van der Waals surface area contributed by atoms with Crippen molar-refractivity contribution >= 4 is 11.6 Å². The molecule has 0 aliphatic rings. The van der Waals surface area contributed by atoms with E-state index in [4.69, 9.17) is 16.9 Å². The van der Waals surface area contributed by atoms with Crippen LogP contribution in [0.25, 0.3) is 0 Å². The van der Waals surface area contributed by atoms with Crippen LogP contribution in [0.1, 0.15) is 5.56 Å². The third-order valence-electron chi connectivity index (χ3n) is 0.952. The van der Waals surface area contributed by atoms with Crippen LogP contribution in [0.4, 0.5) is 0 Å². The molecule has 0 N–H and O–H groups in total. The molecular formula is C7H7ClN2. The minimum atomic E-state index is 0.778. The van der Waals surface area contributed by atoms with Gasteiger partial charge < -0.3 is 0 Å². The smallest absolute Gasteiger partial charge is 0.0465 e. The van der Waals surface area contributed by atoms with E-state index in [0.717, 1.165) is 10.6 Å². The largest absolute Gasteiger partial charge is 0.264 e. The quantitative estimate of drug-likeness (QED) is 0.575. The standard InChI is InChI=1S/C6H6ClN.CHN/c1-5-4-8-3-2-6(5)7;1-2/h2-4H,1H3;1H. The van der Waals surface area contributed by atoms with Gasteiger partial charge in [-0.1, -0.05) is 11.6 Å². The third kappa shape index (κ3) is 2.47. The van der Waals surface area contributed by atoms with Crippen LogP contribution >= 0.6 is 11.6 Å². The highest BCUT2D eigenvalue weighted by Gasteiger charge is 1.87. The summed E-state index contributed by atoms with van der Waals surface area (Å²) in [5.41, 5.74) is 1.02. The van der Waals surface area contributed by atoms with Crippen LogP contribution in [0, 0.1) is 18.8 Å². The van der Waals surface area contributed by atoms with Gasteiger partial charge >= 0.3 is 0 Å². The van der Waals surface area contributed by atoms with Gasteiger partial charge in [0.1, 0.15) is 0 Å². The average molecular weight is 155 g/mol. The zero-order chi connectivity index (χ0) is 7.98. The Bertz CT molecular complexity index is 199. The van der Waals surface area contributed by atoms with Crippen LogP contribution in [-0.4, -0.2) is 4.98 Å². The monoisotopic (exact) mass is 154 g/mol. The number of aromatic nitrogens is 1. The van der Waals surface area contributed by atoms with Crippen molar-refractivity contribution in [1.82, 2.24) is 4.98 Å². The van der Waals surface area contributed by atoms with Crippen LogP contribution in [0.15, 0.2) is 18.5 Å². The van der Waals surface area contributed by atoms with Crippen LogP contribution in [-0.2, 0) is 0 Å². The number of nitriles is 1. The molecule has 3 heteroatoms. The highest BCUT2D eigenvalue weighted by molar-refractivity contribution is 6.31. The summed E-state index contributed by atoms with van der Waals surface area (Å²) in [4.78, 5) is 3.86. The Balaban J connectivity index is 0.000000371. The zero-order valence-electron chi connectivity index (χ0n) is 5.58. The molecule has 0 unspecified atom stereocenters. The molecule has 0 bridgehead atoms. The van der Waals surface area contributed by atoms with Gasteiger partial charge in [0.05, 0.1) is 0 Å². The number of pyridine rings is 1. The summed E-state index contributed by atoms with van der Waals surface area (Å²) in [7, 11) is 0. The summed E-state index contributed by atoms with van der Waals surface area (Å²) in [5.74, 6) is 0. The highest BCUT2D eigenvalue weighted by atomic mass is 35.5. The molecule has 0 spiro atoms. The van der Waals surface area contributed by atoms with Gasteiger partial charge in [-0.15, -0.1) is 0 Å². The number of rotatable bonds is 0. The molecule has 52 valence electrons. The van der Waals surface area contributed by atoms with Crippen molar-refractivity contribution in [1.29, 1.82) is 5.26 Å². The molecule has 1 rings (SSSR count). The number of halogens is 1. The van der Waals surface area contributed by atoms with Crippen LogP contribution in [0.5, 0.6) is 0 Å². The van der Waals surface area contributed by atoms with E-state index in [-0.39, 0.29) is 0 Å². The molecule has 1 aromatic heterocycles. The Kier molecular flexibility index (Phi) is 4.26. The molecule has 0 fully saturated rings. The Hall–Kier alpha value is -1.07. The Morgan fingerprint density at radius 2 is 2.20 bits per heavy atom. The summed E-state index contributed by atoms with van der Waals surface area (Å²) in [6.45, 7) is 5.43. The molecule has 1 aromatic rings. The minimum Gasteiger partial charge on any atom is -0.264 e. The van der Waals surface area contributed by atoms with Gasteiger partial charge in [0.2, 0.25) is 0 Å². The predicted octanol–water partition coefficient (Wildman–Crippen LogP) is 2.18. The van der Waals surface area contributed by atoms with E-state index in [9.17, 15) is 0 Å². The van der Waals surface area contributed by atoms with Crippen molar-refractivity contribution in [2.45, 2.75) is 6.92 Å². The maximum absolute atomic E-state index is 6.50. The van der Waals surface area contributed by atoms with E-state index in [0.29, 0.717) is 0 Å². The summed E-state index contributed by atoms with van der Waals surface area (Å²) >= 11 is 5.67. The molecule has 10 heavy (non-hydrogen) atoms. The molecule has 0 saturated carbocycles. The van der Waals surface area contributed by atoms with Crippen LogP contribution < -0.4 is 0 Å². The number of hydrogen-bond acceptors (Lipinski definition) is 2. The van der Waals surface area contributed by atoms with E-state index in [1.165, 1.54) is 0 Å². The zero-order valence-corrected chi connectivity index (χ0v) is 6.34. The van der Waals surface area contributed by atoms with Crippen molar-refractivity contribution in [2.24, 2.45) is 0 Å². The second-order valence-corrected chi connectivity index (χ2v) is 2.03. The van der Waals surface area contributed by atoms with Crippen molar-refractivity contribution in [2.75, 3.05) is 0 Å². The maximum Gasteiger partial charge on any atom is 0.0465 e. The van der Waals surface area contributed by atoms with Crippen molar-refractivity contribution < 1.29 is 0 Å². The van der Waals surface area contributed by atoms with Crippen LogP contribution in [0.3, 0.4) is 0 Å².